The number of aliphatic hydroxyl groups excluding tert-OH is 4. The summed E-state index contributed by atoms with van der Waals surface area (Å²) in [7, 11) is 0. The summed E-state index contributed by atoms with van der Waals surface area (Å²) in [5, 5.41) is 40.3. The van der Waals surface area contributed by atoms with Gasteiger partial charge in [-0.05, 0) is 57.8 Å². The summed E-state index contributed by atoms with van der Waals surface area (Å²) in [6.07, 6.45) is 58.3. The first-order valence-electron chi connectivity index (χ1n) is 28.4. The Morgan fingerprint density at radius 3 is 1.35 bits per heavy atom. The second kappa shape index (κ2) is 49.9. The van der Waals surface area contributed by atoms with E-state index in [1.165, 1.54) is 148 Å². The standard InChI is InChI=1S/C59H106O9/c1-3-5-7-9-11-13-15-17-19-21-23-25-27-28-30-32-34-36-38-40-42-44-46-48-55(61)67-53(52-66-59-58(64)57(63)56(62)54(50-60)68-59)51-65-49-47-45-43-41-39-37-35-33-31-29-26-24-22-20-18-16-14-12-10-8-6-4-2/h5,7,11,13,17,19,23,25,28,30,53-54,56-60,62-64H,3-4,6,8-10,12,14-16,18,20-22,24,26-27,29,31-52H2,1-2H3/b7-5-,13-11-,19-17-,25-23-,30-28-. The normalized spacial score (nSPS) is 19.5. The Morgan fingerprint density at radius 2 is 0.897 bits per heavy atom. The van der Waals surface area contributed by atoms with Crippen LogP contribution >= 0.6 is 0 Å². The monoisotopic (exact) mass is 959 g/mol. The van der Waals surface area contributed by atoms with E-state index in [0.717, 1.165) is 77.0 Å². The summed E-state index contributed by atoms with van der Waals surface area (Å²) in [5.74, 6) is -0.322. The number of carbonyl (C=O) groups is 1. The van der Waals surface area contributed by atoms with Crippen molar-refractivity contribution >= 4 is 5.97 Å². The number of aliphatic hydroxyl groups is 4. The predicted octanol–water partition coefficient (Wildman–Crippen LogP) is 14.6. The first-order valence-corrected chi connectivity index (χ1v) is 28.4. The molecule has 0 amide bonds. The number of hydrogen-bond acceptors (Lipinski definition) is 9. The van der Waals surface area contributed by atoms with Gasteiger partial charge in [-0.2, -0.15) is 0 Å². The molecule has 0 saturated carbocycles. The Bertz CT molecular complexity index is 1230. The van der Waals surface area contributed by atoms with Crippen LogP contribution in [0.1, 0.15) is 245 Å². The fourth-order valence-electron chi connectivity index (χ4n) is 8.58. The lowest BCUT2D eigenvalue weighted by Gasteiger charge is -2.39. The molecule has 0 spiro atoms. The molecule has 396 valence electrons. The van der Waals surface area contributed by atoms with Gasteiger partial charge < -0.3 is 39.4 Å². The van der Waals surface area contributed by atoms with Crippen LogP contribution in [0.2, 0.25) is 0 Å². The van der Waals surface area contributed by atoms with E-state index in [-0.39, 0.29) is 19.2 Å². The molecule has 0 aromatic carbocycles. The summed E-state index contributed by atoms with van der Waals surface area (Å²) in [5.41, 5.74) is 0. The molecule has 6 atom stereocenters. The molecule has 1 aliphatic rings. The summed E-state index contributed by atoms with van der Waals surface area (Å²) < 4.78 is 23.0. The molecule has 0 aromatic rings. The highest BCUT2D eigenvalue weighted by Crippen LogP contribution is 2.23. The highest BCUT2D eigenvalue weighted by atomic mass is 16.7. The third-order valence-electron chi connectivity index (χ3n) is 12.9. The summed E-state index contributed by atoms with van der Waals surface area (Å²) in [4.78, 5) is 12.9. The number of carbonyl (C=O) groups excluding carboxylic acids is 1. The van der Waals surface area contributed by atoms with E-state index in [2.05, 4.69) is 74.6 Å². The summed E-state index contributed by atoms with van der Waals surface area (Å²) in [6, 6.07) is 0. The molecule has 9 nitrogen and oxygen atoms in total. The molecule has 1 rings (SSSR count). The fourth-order valence-corrected chi connectivity index (χ4v) is 8.58. The van der Waals surface area contributed by atoms with Crippen molar-refractivity contribution in [3.05, 3.63) is 60.8 Å². The van der Waals surface area contributed by atoms with Gasteiger partial charge in [0.1, 0.15) is 30.5 Å². The van der Waals surface area contributed by atoms with Crippen molar-refractivity contribution in [1.82, 2.24) is 0 Å². The Morgan fingerprint density at radius 1 is 0.485 bits per heavy atom. The molecule has 4 N–H and O–H groups in total. The number of allylic oxidation sites excluding steroid dienone is 10. The molecule has 68 heavy (non-hydrogen) atoms. The zero-order valence-electron chi connectivity index (χ0n) is 43.9. The van der Waals surface area contributed by atoms with Crippen molar-refractivity contribution in [1.29, 1.82) is 0 Å². The van der Waals surface area contributed by atoms with Crippen molar-refractivity contribution in [2.75, 3.05) is 26.4 Å². The molecule has 9 heteroatoms. The van der Waals surface area contributed by atoms with Crippen LogP contribution < -0.4 is 0 Å². The number of ether oxygens (including phenoxy) is 4. The lowest BCUT2D eigenvalue weighted by molar-refractivity contribution is -0.305. The van der Waals surface area contributed by atoms with Crippen LogP contribution in [0.25, 0.3) is 0 Å². The van der Waals surface area contributed by atoms with E-state index in [1.54, 1.807) is 0 Å². The van der Waals surface area contributed by atoms with Crippen LogP contribution in [0.15, 0.2) is 60.8 Å². The number of rotatable bonds is 49. The average molecular weight is 959 g/mol. The van der Waals surface area contributed by atoms with E-state index in [0.29, 0.717) is 13.0 Å². The smallest absolute Gasteiger partial charge is 0.306 e. The van der Waals surface area contributed by atoms with E-state index >= 15 is 0 Å². The third-order valence-corrected chi connectivity index (χ3v) is 12.9. The summed E-state index contributed by atoms with van der Waals surface area (Å²) >= 11 is 0. The molecule has 0 aliphatic carbocycles. The first-order chi connectivity index (χ1) is 33.4. The maximum Gasteiger partial charge on any atom is 0.306 e. The predicted molar refractivity (Wildman–Crippen MR) is 284 cm³/mol. The van der Waals surface area contributed by atoms with Crippen molar-refractivity contribution in [3.8, 4) is 0 Å². The van der Waals surface area contributed by atoms with E-state index in [1.807, 2.05) is 0 Å². The minimum Gasteiger partial charge on any atom is -0.457 e. The van der Waals surface area contributed by atoms with Crippen LogP contribution in [0.3, 0.4) is 0 Å². The maximum atomic E-state index is 12.9. The van der Waals surface area contributed by atoms with Crippen LogP contribution in [0.5, 0.6) is 0 Å². The highest BCUT2D eigenvalue weighted by Gasteiger charge is 2.44. The van der Waals surface area contributed by atoms with Crippen LogP contribution in [0, 0.1) is 0 Å². The quantitative estimate of drug-likeness (QED) is 0.0267. The minimum atomic E-state index is -1.54. The van der Waals surface area contributed by atoms with Gasteiger partial charge in [0, 0.05) is 13.0 Å². The zero-order chi connectivity index (χ0) is 49.2. The van der Waals surface area contributed by atoms with Gasteiger partial charge in [-0.25, -0.2) is 0 Å². The Kier molecular flexibility index (Phi) is 46.9. The van der Waals surface area contributed by atoms with Crippen molar-refractivity contribution in [3.63, 3.8) is 0 Å². The molecular weight excluding hydrogens is 853 g/mol. The number of unbranched alkanes of at least 4 members (excludes halogenated alkanes) is 28. The SMILES string of the molecule is CC/C=C\C/C=C\C/C=C\C/C=C\C/C=C\CCCCCCCCCC(=O)OC(COCCCCCCCCCCCCCCCCCCCCCCCC)COC1OC(CO)C(O)C(O)C1O. The highest BCUT2D eigenvalue weighted by molar-refractivity contribution is 5.69. The summed E-state index contributed by atoms with van der Waals surface area (Å²) in [6.45, 7) is 4.47. The van der Waals surface area contributed by atoms with Gasteiger partial charge in [0.2, 0.25) is 0 Å². The van der Waals surface area contributed by atoms with Gasteiger partial charge >= 0.3 is 5.97 Å². The van der Waals surface area contributed by atoms with Crippen LogP contribution in [-0.4, -0.2) is 89.6 Å². The minimum absolute atomic E-state index is 0.118. The van der Waals surface area contributed by atoms with Crippen molar-refractivity contribution in [2.24, 2.45) is 0 Å². The lowest BCUT2D eigenvalue weighted by atomic mass is 9.99. The van der Waals surface area contributed by atoms with Gasteiger partial charge in [0.15, 0.2) is 6.29 Å². The van der Waals surface area contributed by atoms with E-state index in [4.69, 9.17) is 18.9 Å². The Balaban J connectivity index is 2.17. The zero-order valence-corrected chi connectivity index (χ0v) is 43.9. The first kappa shape index (κ1) is 63.9. The molecular formula is C59H106O9. The molecule has 0 radical (unpaired) electrons. The molecule has 0 aromatic heterocycles. The molecule has 6 unspecified atom stereocenters. The maximum absolute atomic E-state index is 12.9. The second-order valence-electron chi connectivity index (χ2n) is 19.4. The fraction of sp³-hybridized carbons (Fsp3) is 0.814. The topological polar surface area (TPSA) is 135 Å². The van der Waals surface area contributed by atoms with Gasteiger partial charge in [-0.1, -0.05) is 242 Å². The van der Waals surface area contributed by atoms with Gasteiger partial charge in [-0.3, -0.25) is 4.79 Å². The second-order valence-corrected chi connectivity index (χ2v) is 19.4. The molecule has 1 aliphatic heterocycles. The Labute approximate surface area is 417 Å². The molecule has 1 heterocycles. The van der Waals surface area contributed by atoms with E-state index < -0.39 is 43.4 Å². The van der Waals surface area contributed by atoms with Gasteiger partial charge in [0.25, 0.3) is 0 Å². The molecule has 0 bridgehead atoms. The lowest BCUT2D eigenvalue weighted by Crippen LogP contribution is -2.59. The average Bonchev–Trinajstić information content (AvgIpc) is 3.34. The van der Waals surface area contributed by atoms with Gasteiger partial charge in [-0.15, -0.1) is 0 Å². The van der Waals surface area contributed by atoms with Crippen LogP contribution in [0.4, 0.5) is 0 Å². The third kappa shape index (κ3) is 39.6. The molecule has 1 fully saturated rings. The number of hydrogen-bond donors (Lipinski definition) is 4. The largest absolute Gasteiger partial charge is 0.457 e. The van der Waals surface area contributed by atoms with Crippen molar-refractivity contribution < 1.29 is 44.2 Å². The van der Waals surface area contributed by atoms with Crippen molar-refractivity contribution in [2.45, 2.75) is 282 Å². The van der Waals surface area contributed by atoms with Gasteiger partial charge in [0.05, 0.1) is 19.8 Å². The number of esters is 1. The van der Waals surface area contributed by atoms with E-state index in [9.17, 15) is 25.2 Å². The molecule has 1 saturated heterocycles. The van der Waals surface area contributed by atoms with Crippen LogP contribution in [-0.2, 0) is 23.7 Å². The Hall–Kier alpha value is -2.11.